The highest BCUT2D eigenvalue weighted by Gasteiger charge is 2.61. The van der Waals surface area contributed by atoms with Gasteiger partial charge >= 0.3 is 0 Å². The zero-order valence-corrected chi connectivity index (χ0v) is 18.3. The molecule has 0 aromatic rings. The van der Waals surface area contributed by atoms with Crippen LogP contribution in [0.15, 0.2) is 0 Å². The first-order valence-corrected chi connectivity index (χ1v) is 11.5. The Morgan fingerprint density at radius 2 is 1.59 bits per heavy atom. The van der Waals surface area contributed by atoms with E-state index in [9.17, 15) is 10.2 Å². The first-order chi connectivity index (χ1) is 12.4. The van der Waals surface area contributed by atoms with Crippen LogP contribution in [0.4, 0.5) is 0 Å². The van der Waals surface area contributed by atoms with Gasteiger partial charge in [-0.2, -0.15) is 0 Å². The van der Waals surface area contributed by atoms with Crippen molar-refractivity contribution in [3.05, 3.63) is 0 Å². The molecular weight excluding hydrogens is 336 g/mol. The Morgan fingerprint density at radius 3 is 2.30 bits per heavy atom. The highest BCUT2D eigenvalue weighted by Crippen LogP contribution is 2.67. The van der Waals surface area contributed by atoms with E-state index in [4.69, 9.17) is 4.74 Å². The number of hydrogen-bond acceptors (Lipinski definition) is 3. The van der Waals surface area contributed by atoms with E-state index in [0.29, 0.717) is 24.0 Å². The van der Waals surface area contributed by atoms with Crippen LogP contribution in [-0.4, -0.2) is 34.1 Å². The summed E-state index contributed by atoms with van der Waals surface area (Å²) < 4.78 is 6.30. The molecule has 4 saturated carbocycles. The van der Waals surface area contributed by atoms with E-state index in [1.54, 1.807) is 0 Å². The van der Waals surface area contributed by atoms with Crippen molar-refractivity contribution >= 4 is 0 Å². The quantitative estimate of drug-likeness (QED) is 0.731. The van der Waals surface area contributed by atoms with Gasteiger partial charge in [-0.15, -0.1) is 0 Å². The Labute approximate surface area is 166 Å². The number of fused-ring (bicyclic) bond motifs is 5. The lowest BCUT2D eigenvalue weighted by molar-refractivity contribution is -0.161. The van der Waals surface area contributed by atoms with Crippen LogP contribution in [0.1, 0.15) is 92.4 Å². The molecule has 4 fully saturated rings. The lowest BCUT2D eigenvalue weighted by atomic mass is 9.44. The lowest BCUT2D eigenvalue weighted by Crippen LogP contribution is -2.56. The van der Waals surface area contributed by atoms with Gasteiger partial charge in [-0.25, -0.2) is 0 Å². The van der Waals surface area contributed by atoms with Crippen LogP contribution in [0.3, 0.4) is 0 Å². The largest absolute Gasteiger partial charge is 0.390 e. The first-order valence-electron chi connectivity index (χ1n) is 11.5. The zero-order chi connectivity index (χ0) is 19.7. The summed E-state index contributed by atoms with van der Waals surface area (Å²) in [5, 5.41) is 20.7. The van der Waals surface area contributed by atoms with E-state index in [-0.39, 0.29) is 5.41 Å². The Kier molecular flexibility index (Phi) is 4.81. The summed E-state index contributed by atoms with van der Waals surface area (Å²) in [4.78, 5) is 0. The predicted octanol–water partition coefficient (Wildman–Crippen LogP) is 4.94. The zero-order valence-electron chi connectivity index (χ0n) is 18.3. The monoisotopic (exact) mass is 378 g/mol. The summed E-state index contributed by atoms with van der Waals surface area (Å²) >= 11 is 0. The minimum atomic E-state index is -0.740. The summed E-state index contributed by atoms with van der Waals surface area (Å²) in [5.41, 5.74) is -0.464. The van der Waals surface area contributed by atoms with Gasteiger partial charge in [0.15, 0.2) is 0 Å². The Morgan fingerprint density at radius 1 is 0.889 bits per heavy atom. The van der Waals surface area contributed by atoms with Gasteiger partial charge in [0.2, 0.25) is 0 Å². The smallest absolute Gasteiger partial charge is 0.0824 e. The number of hydrogen-bond donors (Lipinski definition) is 2. The van der Waals surface area contributed by atoms with Crippen molar-refractivity contribution in [3.8, 4) is 0 Å². The SMILES string of the molecule is CC(C)(O)CO[C@H]1CCC2C3CC[C@@H]4C[C@@](C)(O)CC[C@]4(C)C3CC[C@@]21C. The molecule has 4 rings (SSSR count). The minimum Gasteiger partial charge on any atom is -0.390 e. The van der Waals surface area contributed by atoms with Crippen LogP contribution in [0.25, 0.3) is 0 Å². The highest BCUT2D eigenvalue weighted by atomic mass is 16.5. The molecule has 4 aliphatic rings. The average molecular weight is 379 g/mol. The first kappa shape index (κ1) is 20.2. The van der Waals surface area contributed by atoms with E-state index < -0.39 is 11.2 Å². The third-order valence-corrected chi connectivity index (χ3v) is 9.50. The maximum atomic E-state index is 10.6. The minimum absolute atomic E-state index is 0.287. The molecule has 0 amide bonds. The summed E-state index contributed by atoms with van der Waals surface area (Å²) in [5.74, 6) is 3.15. The van der Waals surface area contributed by atoms with Crippen molar-refractivity contribution in [2.24, 2.45) is 34.5 Å². The molecule has 3 unspecified atom stereocenters. The molecule has 0 aliphatic heterocycles. The molecule has 3 heteroatoms. The molecule has 0 bridgehead atoms. The fourth-order valence-electron chi connectivity index (χ4n) is 7.96. The molecule has 3 nitrogen and oxygen atoms in total. The second kappa shape index (κ2) is 6.44. The molecule has 4 aliphatic carbocycles. The third-order valence-electron chi connectivity index (χ3n) is 9.50. The van der Waals surface area contributed by atoms with Gasteiger partial charge in [0.1, 0.15) is 0 Å². The average Bonchev–Trinajstić information content (AvgIpc) is 2.89. The van der Waals surface area contributed by atoms with Crippen LogP contribution < -0.4 is 0 Å². The van der Waals surface area contributed by atoms with Gasteiger partial charge in [0, 0.05) is 0 Å². The van der Waals surface area contributed by atoms with Gasteiger partial charge in [-0.3, -0.25) is 0 Å². The molecule has 0 saturated heterocycles. The van der Waals surface area contributed by atoms with Crippen molar-refractivity contribution < 1.29 is 14.9 Å². The van der Waals surface area contributed by atoms with Crippen LogP contribution in [0.5, 0.6) is 0 Å². The van der Waals surface area contributed by atoms with E-state index in [2.05, 4.69) is 20.8 Å². The molecule has 0 aromatic heterocycles. The Hall–Kier alpha value is -0.120. The van der Waals surface area contributed by atoms with Crippen molar-refractivity contribution in [3.63, 3.8) is 0 Å². The predicted molar refractivity (Wildman–Crippen MR) is 108 cm³/mol. The molecule has 0 radical (unpaired) electrons. The van der Waals surface area contributed by atoms with Gasteiger partial charge in [0.25, 0.3) is 0 Å². The molecule has 0 heterocycles. The molecular formula is C24H42O3. The summed E-state index contributed by atoms with van der Waals surface area (Å²) in [6, 6.07) is 0. The van der Waals surface area contributed by atoms with Crippen LogP contribution >= 0.6 is 0 Å². The van der Waals surface area contributed by atoms with Crippen molar-refractivity contribution in [2.45, 2.75) is 110 Å². The van der Waals surface area contributed by atoms with Crippen LogP contribution in [-0.2, 0) is 4.74 Å². The third kappa shape index (κ3) is 3.40. The van der Waals surface area contributed by atoms with Crippen LogP contribution in [0, 0.1) is 34.5 Å². The molecule has 156 valence electrons. The molecule has 2 N–H and O–H groups in total. The second-order valence-electron chi connectivity index (χ2n) is 12.1. The molecule has 0 aromatic carbocycles. The Bertz CT molecular complexity index is 564. The highest BCUT2D eigenvalue weighted by molar-refractivity contribution is 5.10. The van der Waals surface area contributed by atoms with Crippen molar-refractivity contribution in [1.82, 2.24) is 0 Å². The standard InChI is InChI=1S/C24H42O3/c1-21(2,25)15-27-20-9-8-18-17-7-6-16-14-22(3,26)12-13-23(16,4)19(17)10-11-24(18,20)5/h16-20,25-26H,6-15H2,1-5H3/t16-,17?,18?,19?,20+,22+,23+,24+/m1/s1. The van der Waals surface area contributed by atoms with E-state index in [1.165, 1.54) is 38.5 Å². The maximum absolute atomic E-state index is 10.6. The molecule has 8 atom stereocenters. The van der Waals surface area contributed by atoms with E-state index >= 15 is 0 Å². The van der Waals surface area contributed by atoms with Gasteiger partial charge in [-0.1, -0.05) is 13.8 Å². The number of rotatable bonds is 3. The maximum Gasteiger partial charge on any atom is 0.0824 e. The summed E-state index contributed by atoms with van der Waals surface area (Å²) in [6.07, 6.45) is 11.2. The molecule has 0 spiro atoms. The molecule has 27 heavy (non-hydrogen) atoms. The van der Waals surface area contributed by atoms with Crippen molar-refractivity contribution in [2.75, 3.05) is 6.61 Å². The van der Waals surface area contributed by atoms with Gasteiger partial charge in [0.05, 0.1) is 23.9 Å². The van der Waals surface area contributed by atoms with Gasteiger partial charge in [-0.05, 0) is 113 Å². The fraction of sp³-hybridized carbons (Fsp3) is 1.00. The fourth-order valence-corrected chi connectivity index (χ4v) is 7.96. The summed E-state index contributed by atoms with van der Waals surface area (Å²) in [7, 11) is 0. The van der Waals surface area contributed by atoms with Crippen LogP contribution in [0.2, 0.25) is 0 Å². The Balaban J connectivity index is 1.51. The normalized spacial score (nSPS) is 52.8. The van der Waals surface area contributed by atoms with E-state index in [1.807, 2.05) is 13.8 Å². The number of aliphatic hydroxyl groups is 2. The van der Waals surface area contributed by atoms with Crippen molar-refractivity contribution in [1.29, 1.82) is 0 Å². The van der Waals surface area contributed by atoms with Gasteiger partial charge < -0.3 is 14.9 Å². The summed E-state index contributed by atoms with van der Waals surface area (Å²) in [6.45, 7) is 11.2. The lowest BCUT2D eigenvalue weighted by Gasteiger charge is -2.61. The van der Waals surface area contributed by atoms with E-state index in [0.717, 1.165) is 37.0 Å². The number of ether oxygens (including phenoxy) is 1. The topological polar surface area (TPSA) is 49.7 Å². The second-order valence-corrected chi connectivity index (χ2v) is 12.1.